The van der Waals surface area contributed by atoms with Gasteiger partial charge in [-0.1, -0.05) is 29.4 Å². The first kappa shape index (κ1) is 17.3. The minimum absolute atomic E-state index is 0.0801. The van der Waals surface area contributed by atoms with Crippen LogP contribution >= 0.6 is 0 Å². The van der Waals surface area contributed by atoms with Crippen molar-refractivity contribution in [3.05, 3.63) is 71.7 Å². The number of carbonyl (C=O) groups is 1. The molecule has 138 valence electrons. The Kier molecular flexibility index (Phi) is 4.62. The SMILES string of the molecule is COc1cccc(-c2cc(C(=O)N3CCC[C@@H]3c3ccc(F)cc3)on2)c1. The highest BCUT2D eigenvalue weighted by Gasteiger charge is 2.32. The van der Waals surface area contributed by atoms with Crippen LogP contribution in [0.25, 0.3) is 11.3 Å². The lowest BCUT2D eigenvalue weighted by Crippen LogP contribution is -2.30. The average Bonchev–Trinajstić information content (AvgIpc) is 3.38. The first-order valence-electron chi connectivity index (χ1n) is 8.83. The molecule has 5 nitrogen and oxygen atoms in total. The van der Waals surface area contributed by atoms with Gasteiger partial charge in [0.1, 0.15) is 17.3 Å². The van der Waals surface area contributed by atoms with E-state index in [2.05, 4.69) is 5.16 Å². The van der Waals surface area contributed by atoms with Crippen LogP contribution in [-0.2, 0) is 0 Å². The van der Waals surface area contributed by atoms with Gasteiger partial charge >= 0.3 is 0 Å². The van der Waals surface area contributed by atoms with Crippen LogP contribution < -0.4 is 4.74 Å². The summed E-state index contributed by atoms with van der Waals surface area (Å²) in [5, 5.41) is 4.04. The molecule has 1 fully saturated rings. The summed E-state index contributed by atoms with van der Waals surface area (Å²) in [6.07, 6.45) is 1.74. The molecule has 2 aromatic carbocycles. The van der Waals surface area contributed by atoms with E-state index in [0.717, 1.165) is 24.0 Å². The maximum Gasteiger partial charge on any atom is 0.292 e. The molecule has 1 amide bonds. The second-order valence-corrected chi connectivity index (χ2v) is 6.52. The summed E-state index contributed by atoms with van der Waals surface area (Å²) in [6, 6.07) is 15.3. The van der Waals surface area contributed by atoms with Crippen molar-refractivity contribution in [2.45, 2.75) is 18.9 Å². The number of methoxy groups -OCH3 is 1. The Labute approximate surface area is 156 Å². The van der Waals surface area contributed by atoms with Crippen molar-refractivity contribution >= 4 is 5.91 Å². The van der Waals surface area contributed by atoms with Crippen LogP contribution in [0.3, 0.4) is 0 Å². The van der Waals surface area contributed by atoms with Crippen LogP contribution in [0.15, 0.2) is 59.1 Å². The number of carbonyl (C=O) groups excluding carboxylic acids is 1. The van der Waals surface area contributed by atoms with Crippen molar-refractivity contribution < 1.29 is 18.4 Å². The van der Waals surface area contributed by atoms with E-state index >= 15 is 0 Å². The monoisotopic (exact) mass is 366 g/mol. The minimum Gasteiger partial charge on any atom is -0.497 e. The molecule has 0 N–H and O–H groups in total. The van der Waals surface area contributed by atoms with Crippen molar-refractivity contribution in [3.8, 4) is 17.0 Å². The molecule has 1 aliphatic rings. The number of hydrogen-bond donors (Lipinski definition) is 0. The molecule has 0 saturated carbocycles. The molecule has 6 heteroatoms. The molecule has 0 bridgehead atoms. The van der Waals surface area contributed by atoms with Gasteiger partial charge in [0.15, 0.2) is 0 Å². The van der Waals surface area contributed by atoms with Crippen LogP contribution in [0.2, 0.25) is 0 Å². The first-order chi connectivity index (χ1) is 13.2. The van der Waals surface area contributed by atoms with E-state index in [1.54, 1.807) is 30.2 Å². The number of aromatic nitrogens is 1. The van der Waals surface area contributed by atoms with Crippen molar-refractivity contribution in [1.82, 2.24) is 10.1 Å². The van der Waals surface area contributed by atoms with Gasteiger partial charge in [-0.05, 0) is 42.7 Å². The lowest BCUT2D eigenvalue weighted by molar-refractivity contribution is 0.0693. The van der Waals surface area contributed by atoms with E-state index in [1.165, 1.54) is 12.1 Å². The van der Waals surface area contributed by atoms with Gasteiger partial charge < -0.3 is 14.2 Å². The molecule has 1 atom stereocenters. The fourth-order valence-corrected chi connectivity index (χ4v) is 3.48. The third-order valence-electron chi connectivity index (χ3n) is 4.85. The van der Waals surface area contributed by atoms with Crippen molar-refractivity contribution in [1.29, 1.82) is 0 Å². The van der Waals surface area contributed by atoms with E-state index in [9.17, 15) is 9.18 Å². The molecule has 0 unspecified atom stereocenters. The van der Waals surface area contributed by atoms with Crippen LogP contribution in [0, 0.1) is 5.82 Å². The number of ether oxygens (including phenoxy) is 1. The van der Waals surface area contributed by atoms with Gasteiger partial charge in [-0.2, -0.15) is 0 Å². The zero-order valence-electron chi connectivity index (χ0n) is 14.9. The third-order valence-corrected chi connectivity index (χ3v) is 4.85. The van der Waals surface area contributed by atoms with Crippen molar-refractivity contribution in [2.24, 2.45) is 0 Å². The maximum absolute atomic E-state index is 13.2. The summed E-state index contributed by atoms with van der Waals surface area (Å²) in [5.74, 6) is 0.414. The van der Waals surface area contributed by atoms with E-state index in [1.807, 2.05) is 24.3 Å². The predicted octanol–water partition coefficient (Wildman–Crippen LogP) is 4.47. The fraction of sp³-hybridized carbons (Fsp3) is 0.238. The summed E-state index contributed by atoms with van der Waals surface area (Å²) in [5.41, 5.74) is 2.32. The Morgan fingerprint density at radius 2 is 2.04 bits per heavy atom. The summed E-state index contributed by atoms with van der Waals surface area (Å²) >= 11 is 0. The molecule has 1 aliphatic heterocycles. The molecule has 27 heavy (non-hydrogen) atoms. The largest absolute Gasteiger partial charge is 0.497 e. The van der Waals surface area contributed by atoms with Gasteiger partial charge in [-0.15, -0.1) is 0 Å². The summed E-state index contributed by atoms with van der Waals surface area (Å²) < 4.78 is 23.8. The van der Waals surface area contributed by atoms with E-state index < -0.39 is 0 Å². The molecular weight excluding hydrogens is 347 g/mol. The number of amides is 1. The Balaban J connectivity index is 1.57. The van der Waals surface area contributed by atoms with Crippen LogP contribution in [0.1, 0.15) is 35.0 Å². The number of nitrogens with zero attached hydrogens (tertiary/aromatic N) is 2. The highest BCUT2D eigenvalue weighted by molar-refractivity contribution is 5.93. The van der Waals surface area contributed by atoms with Gasteiger partial charge in [-0.25, -0.2) is 4.39 Å². The quantitative estimate of drug-likeness (QED) is 0.684. The van der Waals surface area contributed by atoms with Gasteiger partial charge in [0.2, 0.25) is 5.76 Å². The molecule has 0 radical (unpaired) electrons. The van der Waals surface area contributed by atoms with Crippen molar-refractivity contribution in [2.75, 3.05) is 13.7 Å². The maximum atomic E-state index is 13.2. The summed E-state index contributed by atoms with van der Waals surface area (Å²) in [7, 11) is 1.60. The molecule has 1 saturated heterocycles. The number of halogens is 1. The standard InChI is InChI=1S/C21H19FN2O3/c1-26-17-5-2-4-15(12-17)18-13-20(27-23-18)21(25)24-11-3-6-19(24)14-7-9-16(22)10-8-14/h2,4-5,7-10,12-13,19H,3,6,11H2,1H3/t19-/m1/s1. The Morgan fingerprint density at radius 1 is 1.22 bits per heavy atom. The molecule has 0 aliphatic carbocycles. The fourth-order valence-electron chi connectivity index (χ4n) is 3.48. The number of hydrogen-bond acceptors (Lipinski definition) is 4. The molecule has 0 spiro atoms. The second kappa shape index (κ2) is 7.23. The minimum atomic E-state index is -0.284. The molecule has 2 heterocycles. The lowest BCUT2D eigenvalue weighted by Gasteiger charge is -2.23. The third kappa shape index (κ3) is 3.43. The van der Waals surface area contributed by atoms with Gasteiger partial charge in [0, 0.05) is 18.2 Å². The van der Waals surface area contributed by atoms with E-state index in [0.29, 0.717) is 18.0 Å². The average molecular weight is 366 g/mol. The Bertz CT molecular complexity index is 952. The Hall–Kier alpha value is -3.15. The smallest absolute Gasteiger partial charge is 0.292 e. The zero-order valence-corrected chi connectivity index (χ0v) is 14.9. The highest BCUT2D eigenvalue weighted by Crippen LogP contribution is 2.34. The van der Waals surface area contributed by atoms with Crippen LogP contribution in [-0.4, -0.2) is 29.6 Å². The summed E-state index contributed by atoms with van der Waals surface area (Å²) in [6.45, 7) is 0.635. The molecule has 3 aromatic rings. The van der Waals surface area contributed by atoms with E-state index in [-0.39, 0.29) is 23.5 Å². The van der Waals surface area contributed by atoms with Gasteiger partial charge in [0.05, 0.1) is 13.2 Å². The van der Waals surface area contributed by atoms with E-state index in [4.69, 9.17) is 9.26 Å². The van der Waals surface area contributed by atoms with Crippen molar-refractivity contribution in [3.63, 3.8) is 0 Å². The number of likely N-dealkylation sites (tertiary alicyclic amines) is 1. The topological polar surface area (TPSA) is 55.6 Å². The van der Waals surface area contributed by atoms with Gasteiger partial charge in [0.25, 0.3) is 5.91 Å². The van der Waals surface area contributed by atoms with Crippen LogP contribution in [0.4, 0.5) is 4.39 Å². The zero-order chi connectivity index (χ0) is 18.8. The van der Waals surface area contributed by atoms with Gasteiger partial charge in [-0.3, -0.25) is 4.79 Å². The number of rotatable bonds is 4. The normalized spacial score (nSPS) is 16.5. The predicted molar refractivity (Wildman–Crippen MR) is 97.9 cm³/mol. The first-order valence-corrected chi connectivity index (χ1v) is 8.83. The Morgan fingerprint density at radius 3 is 2.81 bits per heavy atom. The molecule has 4 rings (SSSR count). The highest BCUT2D eigenvalue weighted by atomic mass is 19.1. The molecular formula is C21H19FN2O3. The number of benzene rings is 2. The van der Waals surface area contributed by atoms with Crippen LogP contribution in [0.5, 0.6) is 5.75 Å². The lowest BCUT2D eigenvalue weighted by atomic mass is 10.0. The summed E-state index contributed by atoms with van der Waals surface area (Å²) in [4.78, 5) is 14.7. The second-order valence-electron chi connectivity index (χ2n) is 6.52. The molecule has 1 aromatic heterocycles.